The largest absolute Gasteiger partial charge is 0.493 e. The summed E-state index contributed by atoms with van der Waals surface area (Å²) in [5.41, 5.74) is 3.10. The van der Waals surface area contributed by atoms with Crippen LogP contribution in [0, 0.1) is 6.92 Å². The van der Waals surface area contributed by atoms with E-state index in [2.05, 4.69) is 6.07 Å². The molecule has 0 fully saturated rings. The van der Waals surface area contributed by atoms with Gasteiger partial charge in [0.2, 0.25) is 5.78 Å². The number of carbonyl (C=O) groups excluding carboxylic acids is 1. The first-order valence-corrected chi connectivity index (χ1v) is 9.13. The molecule has 4 heteroatoms. The lowest BCUT2D eigenvalue weighted by Crippen LogP contribution is -2.04. The second-order valence-electron chi connectivity index (χ2n) is 5.12. The van der Waals surface area contributed by atoms with Crippen molar-refractivity contribution in [2.75, 3.05) is 12.4 Å². The van der Waals surface area contributed by atoms with Crippen LogP contribution in [0.5, 0.6) is 5.75 Å². The number of thioether (sulfide) groups is 1. The second-order valence-corrected chi connectivity index (χ2v) is 7.37. The van der Waals surface area contributed by atoms with Crippen molar-refractivity contribution in [2.24, 2.45) is 0 Å². The summed E-state index contributed by atoms with van der Waals surface area (Å²) >= 11 is 3.60. The fraction of sp³-hybridized carbons (Fsp3) is 0.353. The van der Waals surface area contributed by atoms with Crippen LogP contribution in [0.25, 0.3) is 0 Å². The highest BCUT2D eigenvalue weighted by Crippen LogP contribution is 2.34. The standard InChI is InChI=1S/C17H18O2S2/c1-3-19-14-5-4-11(2)8-13(14)17(18)16-9-12-10-20-7-6-15(12)21-16/h4-5,8-9H,3,6-7,10H2,1-2H3. The van der Waals surface area contributed by atoms with Gasteiger partial charge in [-0.1, -0.05) is 11.6 Å². The summed E-state index contributed by atoms with van der Waals surface area (Å²) in [6.07, 6.45) is 1.09. The number of carbonyl (C=O) groups is 1. The van der Waals surface area contributed by atoms with Crippen LogP contribution in [0.1, 0.15) is 38.2 Å². The predicted molar refractivity (Wildman–Crippen MR) is 90.0 cm³/mol. The molecular weight excluding hydrogens is 300 g/mol. The Morgan fingerprint density at radius 2 is 2.19 bits per heavy atom. The van der Waals surface area contributed by atoms with Gasteiger partial charge in [-0.2, -0.15) is 11.8 Å². The summed E-state index contributed by atoms with van der Waals surface area (Å²) in [6.45, 7) is 4.51. The highest BCUT2D eigenvalue weighted by atomic mass is 32.2. The van der Waals surface area contributed by atoms with Crippen LogP contribution in [0.3, 0.4) is 0 Å². The smallest absolute Gasteiger partial charge is 0.206 e. The molecule has 0 bridgehead atoms. The molecule has 0 N–H and O–H groups in total. The fourth-order valence-electron chi connectivity index (χ4n) is 2.49. The van der Waals surface area contributed by atoms with E-state index in [-0.39, 0.29) is 5.78 Å². The molecule has 2 aromatic rings. The van der Waals surface area contributed by atoms with Crippen LogP contribution in [-0.4, -0.2) is 18.1 Å². The van der Waals surface area contributed by atoms with Crippen LogP contribution >= 0.6 is 23.1 Å². The topological polar surface area (TPSA) is 26.3 Å². The van der Waals surface area contributed by atoms with E-state index in [1.54, 1.807) is 11.3 Å². The molecule has 110 valence electrons. The predicted octanol–water partition coefficient (Wildman–Crippen LogP) is 4.48. The van der Waals surface area contributed by atoms with E-state index in [1.807, 2.05) is 43.8 Å². The van der Waals surface area contributed by atoms with Crippen LogP contribution in [0.2, 0.25) is 0 Å². The molecule has 2 heterocycles. The maximum absolute atomic E-state index is 12.8. The summed E-state index contributed by atoms with van der Waals surface area (Å²) in [6, 6.07) is 7.89. The Hall–Kier alpha value is -1.26. The summed E-state index contributed by atoms with van der Waals surface area (Å²) in [5, 5.41) is 0. The van der Waals surface area contributed by atoms with Gasteiger partial charge < -0.3 is 4.74 Å². The molecule has 0 atom stereocenters. The molecule has 21 heavy (non-hydrogen) atoms. The second kappa shape index (κ2) is 6.24. The van der Waals surface area contributed by atoms with Gasteiger partial charge in [-0.05, 0) is 49.8 Å². The zero-order chi connectivity index (χ0) is 14.8. The zero-order valence-corrected chi connectivity index (χ0v) is 13.9. The Morgan fingerprint density at radius 1 is 1.33 bits per heavy atom. The van der Waals surface area contributed by atoms with E-state index < -0.39 is 0 Å². The Balaban J connectivity index is 1.98. The molecule has 0 saturated heterocycles. The molecule has 1 aromatic carbocycles. The van der Waals surface area contributed by atoms with Crippen molar-refractivity contribution in [3.63, 3.8) is 0 Å². The maximum Gasteiger partial charge on any atom is 0.206 e. The van der Waals surface area contributed by atoms with Gasteiger partial charge in [-0.25, -0.2) is 0 Å². The molecular formula is C17H18O2S2. The van der Waals surface area contributed by atoms with E-state index in [4.69, 9.17) is 4.74 Å². The van der Waals surface area contributed by atoms with Crippen LogP contribution in [0.15, 0.2) is 24.3 Å². The third-order valence-corrected chi connectivity index (χ3v) is 5.77. The van der Waals surface area contributed by atoms with Gasteiger partial charge in [0.1, 0.15) is 5.75 Å². The van der Waals surface area contributed by atoms with Gasteiger partial charge in [0, 0.05) is 10.6 Å². The SMILES string of the molecule is CCOc1ccc(C)cc1C(=O)c1cc2c(s1)CCSC2. The molecule has 1 aromatic heterocycles. The highest BCUT2D eigenvalue weighted by molar-refractivity contribution is 7.98. The zero-order valence-electron chi connectivity index (χ0n) is 12.3. The quantitative estimate of drug-likeness (QED) is 0.778. The van der Waals surface area contributed by atoms with Crippen LogP contribution in [0.4, 0.5) is 0 Å². The minimum Gasteiger partial charge on any atom is -0.493 e. The van der Waals surface area contributed by atoms with Gasteiger partial charge in [0.15, 0.2) is 0 Å². The number of fused-ring (bicyclic) bond motifs is 1. The first-order chi connectivity index (χ1) is 10.2. The Morgan fingerprint density at radius 3 is 2.95 bits per heavy atom. The minimum atomic E-state index is 0.0894. The average Bonchev–Trinajstić information content (AvgIpc) is 2.92. The Kier molecular flexibility index (Phi) is 4.36. The van der Waals surface area contributed by atoms with Crippen LogP contribution in [-0.2, 0) is 12.2 Å². The normalized spacial score (nSPS) is 13.8. The molecule has 1 aliphatic heterocycles. The highest BCUT2D eigenvalue weighted by Gasteiger charge is 2.21. The lowest BCUT2D eigenvalue weighted by Gasteiger charge is -2.09. The summed E-state index contributed by atoms with van der Waals surface area (Å²) in [5.74, 6) is 2.97. The van der Waals surface area contributed by atoms with Gasteiger partial charge in [0.25, 0.3) is 0 Å². The third kappa shape index (κ3) is 3.01. The molecule has 3 rings (SSSR count). The van der Waals surface area contributed by atoms with Crippen LogP contribution < -0.4 is 4.74 Å². The first-order valence-electron chi connectivity index (χ1n) is 7.16. The van der Waals surface area contributed by atoms with E-state index >= 15 is 0 Å². The molecule has 2 nitrogen and oxygen atoms in total. The number of hydrogen-bond donors (Lipinski definition) is 0. The van der Waals surface area contributed by atoms with E-state index in [9.17, 15) is 4.79 Å². The number of benzene rings is 1. The van der Waals surface area contributed by atoms with E-state index in [1.165, 1.54) is 10.4 Å². The van der Waals surface area contributed by atoms with Crippen molar-refractivity contribution < 1.29 is 9.53 Å². The first kappa shape index (κ1) is 14.7. The van der Waals surface area contributed by atoms with Crippen molar-refractivity contribution in [3.05, 3.63) is 50.7 Å². The number of hydrogen-bond acceptors (Lipinski definition) is 4. The molecule has 0 amide bonds. The molecule has 0 saturated carbocycles. The molecule has 0 radical (unpaired) electrons. The number of ketones is 1. The van der Waals surface area contributed by atoms with Crippen molar-refractivity contribution in [2.45, 2.75) is 26.0 Å². The van der Waals surface area contributed by atoms with Crippen molar-refractivity contribution in [1.29, 1.82) is 0 Å². The van der Waals surface area contributed by atoms with Gasteiger partial charge in [0.05, 0.1) is 17.0 Å². The van der Waals surface area contributed by atoms with Gasteiger partial charge in [-0.15, -0.1) is 11.3 Å². The summed E-state index contributed by atoms with van der Waals surface area (Å²) in [7, 11) is 0. The monoisotopic (exact) mass is 318 g/mol. The van der Waals surface area contributed by atoms with Crippen molar-refractivity contribution in [1.82, 2.24) is 0 Å². The summed E-state index contributed by atoms with van der Waals surface area (Å²) < 4.78 is 5.62. The number of aryl methyl sites for hydroxylation is 2. The van der Waals surface area contributed by atoms with E-state index in [0.717, 1.165) is 28.4 Å². The minimum absolute atomic E-state index is 0.0894. The molecule has 0 unspecified atom stereocenters. The summed E-state index contributed by atoms with van der Waals surface area (Å²) in [4.78, 5) is 15.1. The van der Waals surface area contributed by atoms with Crippen molar-refractivity contribution in [3.8, 4) is 5.75 Å². The number of ether oxygens (including phenoxy) is 1. The Labute approximate surface area is 133 Å². The lowest BCUT2D eigenvalue weighted by molar-refractivity contribution is 0.103. The average molecular weight is 318 g/mol. The number of rotatable bonds is 4. The van der Waals surface area contributed by atoms with E-state index in [0.29, 0.717) is 17.9 Å². The number of thiophene rings is 1. The van der Waals surface area contributed by atoms with Gasteiger partial charge >= 0.3 is 0 Å². The molecule has 0 spiro atoms. The van der Waals surface area contributed by atoms with Crippen molar-refractivity contribution >= 4 is 28.9 Å². The Bertz CT molecular complexity index is 650. The van der Waals surface area contributed by atoms with Gasteiger partial charge in [-0.3, -0.25) is 4.79 Å². The third-order valence-electron chi connectivity index (χ3n) is 3.53. The maximum atomic E-state index is 12.8. The fourth-order valence-corrected chi connectivity index (χ4v) is 4.82. The lowest BCUT2D eigenvalue weighted by atomic mass is 10.0. The molecule has 1 aliphatic rings. The molecule has 0 aliphatic carbocycles.